The van der Waals surface area contributed by atoms with Gasteiger partial charge in [0, 0.05) is 11.8 Å². The van der Waals surface area contributed by atoms with E-state index in [1.807, 2.05) is 6.92 Å². The van der Waals surface area contributed by atoms with Crippen molar-refractivity contribution in [2.75, 3.05) is 0 Å². The Balaban J connectivity index is 1.86. The van der Waals surface area contributed by atoms with Crippen molar-refractivity contribution in [2.24, 2.45) is 17.6 Å². The minimum atomic E-state index is -2.61. The van der Waals surface area contributed by atoms with Crippen molar-refractivity contribution in [1.29, 1.82) is 0 Å². The number of hydrogen-bond acceptors (Lipinski definition) is 4. The molecule has 0 amide bonds. The molecule has 0 radical (unpaired) electrons. The number of nitrogens with two attached hydrogens (primary N) is 1. The van der Waals surface area contributed by atoms with Crippen LogP contribution in [-0.2, 0) is 14.3 Å². The predicted molar refractivity (Wildman–Crippen MR) is 92.0 cm³/mol. The number of halogens is 3. The quantitative estimate of drug-likeness (QED) is 0.670. The molecule has 1 aromatic rings. The lowest BCUT2D eigenvalue weighted by Crippen LogP contribution is -2.60. The second-order valence-electron chi connectivity index (χ2n) is 6.83. The van der Waals surface area contributed by atoms with Gasteiger partial charge in [0.2, 0.25) is 5.67 Å². The van der Waals surface area contributed by atoms with E-state index in [2.05, 4.69) is 0 Å². The van der Waals surface area contributed by atoms with E-state index in [-0.39, 0.29) is 6.42 Å². The Morgan fingerprint density at radius 1 is 1.35 bits per heavy atom. The summed E-state index contributed by atoms with van der Waals surface area (Å²) >= 11 is 11.9. The maximum atomic E-state index is 14.6. The van der Waals surface area contributed by atoms with Crippen LogP contribution in [0.5, 0.6) is 0 Å². The van der Waals surface area contributed by atoms with Gasteiger partial charge in [-0.15, -0.1) is 0 Å². The molecular formula is C17H18Cl2FNO5. The summed E-state index contributed by atoms with van der Waals surface area (Å²) in [7, 11) is 0. The molecule has 0 saturated heterocycles. The fraction of sp³-hybridized carbons (Fsp3) is 0.529. The maximum Gasteiger partial charge on any atom is 0.342 e. The van der Waals surface area contributed by atoms with Gasteiger partial charge in [0.15, 0.2) is 0 Å². The molecule has 6 atom stereocenters. The molecule has 2 aliphatic carbocycles. The Bertz CT molecular complexity index is 778. The molecule has 2 fully saturated rings. The first kappa shape index (κ1) is 19.4. The van der Waals surface area contributed by atoms with Gasteiger partial charge in [-0.05, 0) is 30.5 Å². The SMILES string of the molecule is CC[C@H](O[C@@H]1C[C@@H]2[C@H]([C@]1(N)C(=O)O)[C@@]2(F)C(=O)O)c1ccc(Cl)c(Cl)c1. The molecule has 0 heterocycles. The Kier molecular flexibility index (Phi) is 4.72. The molecule has 2 aliphatic rings. The van der Waals surface area contributed by atoms with E-state index >= 15 is 0 Å². The zero-order valence-electron chi connectivity index (χ0n) is 13.8. The van der Waals surface area contributed by atoms with Gasteiger partial charge < -0.3 is 20.7 Å². The second-order valence-corrected chi connectivity index (χ2v) is 7.64. The van der Waals surface area contributed by atoms with Crippen molar-refractivity contribution in [3.8, 4) is 0 Å². The molecule has 4 N–H and O–H groups in total. The third-order valence-electron chi connectivity index (χ3n) is 5.51. The van der Waals surface area contributed by atoms with E-state index in [0.29, 0.717) is 22.0 Å². The number of benzene rings is 1. The average Bonchev–Trinajstić information content (AvgIpc) is 3.05. The normalized spacial score (nSPS) is 36.4. The summed E-state index contributed by atoms with van der Waals surface area (Å²) in [6.07, 6.45) is -1.14. The molecule has 0 bridgehead atoms. The largest absolute Gasteiger partial charge is 0.480 e. The van der Waals surface area contributed by atoms with E-state index in [0.717, 1.165) is 0 Å². The van der Waals surface area contributed by atoms with Crippen molar-refractivity contribution in [1.82, 2.24) is 0 Å². The van der Waals surface area contributed by atoms with Crippen LogP contribution >= 0.6 is 23.2 Å². The molecular weight excluding hydrogens is 388 g/mol. The second kappa shape index (κ2) is 6.34. The summed E-state index contributed by atoms with van der Waals surface area (Å²) in [5, 5.41) is 19.4. The summed E-state index contributed by atoms with van der Waals surface area (Å²) in [5.74, 6) is -5.45. The van der Waals surface area contributed by atoms with Crippen molar-refractivity contribution < 1.29 is 28.9 Å². The van der Waals surface area contributed by atoms with E-state index < -0.39 is 47.2 Å². The van der Waals surface area contributed by atoms with Gasteiger partial charge in [0.25, 0.3) is 0 Å². The van der Waals surface area contributed by atoms with Crippen LogP contribution in [0.4, 0.5) is 4.39 Å². The zero-order chi connectivity index (χ0) is 19.4. The Hall–Kier alpha value is -1.41. The van der Waals surface area contributed by atoms with Gasteiger partial charge in [-0.3, -0.25) is 4.79 Å². The minimum absolute atomic E-state index is 0.0753. The minimum Gasteiger partial charge on any atom is -0.480 e. The van der Waals surface area contributed by atoms with E-state index in [9.17, 15) is 19.1 Å². The van der Waals surface area contributed by atoms with Crippen LogP contribution < -0.4 is 5.73 Å². The van der Waals surface area contributed by atoms with Gasteiger partial charge in [-0.1, -0.05) is 36.2 Å². The number of rotatable bonds is 6. The van der Waals surface area contributed by atoms with E-state index in [4.69, 9.17) is 38.8 Å². The molecule has 9 heteroatoms. The van der Waals surface area contributed by atoms with E-state index in [1.54, 1.807) is 18.2 Å². The summed E-state index contributed by atoms with van der Waals surface area (Å²) in [4.78, 5) is 23.0. The lowest BCUT2D eigenvalue weighted by atomic mass is 9.87. The summed E-state index contributed by atoms with van der Waals surface area (Å²) in [6.45, 7) is 1.83. The van der Waals surface area contributed by atoms with Crippen LogP contribution in [0, 0.1) is 11.8 Å². The van der Waals surface area contributed by atoms with Crippen molar-refractivity contribution in [2.45, 2.75) is 43.2 Å². The van der Waals surface area contributed by atoms with Gasteiger partial charge in [-0.2, -0.15) is 0 Å². The summed E-state index contributed by atoms with van der Waals surface area (Å²) in [6, 6.07) is 4.92. The molecule has 26 heavy (non-hydrogen) atoms. The van der Waals surface area contributed by atoms with Crippen LogP contribution in [0.2, 0.25) is 10.0 Å². The van der Waals surface area contributed by atoms with Crippen molar-refractivity contribution in [3.63, 3.8) is 0 Å². The third-order valence-corrected chi connectivity index (χ3v) is 6.25. The Labute approximate surface area is 159 Å². The molecule has 0 unspecified atom stereocenters. The highest BCUT2D eigenvalue weighted by Gasteiger charge is 2.85. The number of hydrogen-bond donors (Lipinski definition) is 3. The van der Waals surface area contributed by atoms with Crippen molar-refractivity contribution in [3.05, 3.63) is 33.8 Å². The Morgan fingerprint density at radius 2 is 2.00 bits per heavy atom. The number of aliphatic carboxylic acids is 2. The first-order valence-corrected chi connectivity index (χ1v) is 8.89. The zero-order valence-corrected chi connectivity index (χ0v) is 15.3. The fourth-order valence-electron chi connectivity index (χ4n) is 4.09. The fourth-order valence-corrected chi connectivity index (χ4v) is 4.40. The topological polar surface area (TPSA) is 110 Å². The average molecular weight is 406 g/mol. The van der Waals surface area contributed by atoms with Crippen LogP contribution in [0.25, 0.3) is 0 Å². The number of fused-ring (bicyclic) bond motifs is 1. The predicted octanol–water partition coefficient (Wildman–Crippen LogP) is 3.05. The smallest absolute Gasteiger partial charge is 0.342 e. The summed E-state index contributed by atoms with van der Waals surface area (Å²) < 4.78 is 20.5. The van der Waals surface area contributed by atoms with Crippen LogP contribution in [0.3, 0.4) is 0 Å². The molecule has 6 nitrogen and oxygen atoms in total. The summed E-state index contributed by atoms with van der Waals surface area (Å²) in [5.41, 5.74) is 1.96. The molecule has 3 rings (SSSR count). The maximum absolute atomic E-state index is 14.6. The molecule has 2 saturated carbocycles. The molecule has 1 aromatic carbocycles. The first-order valence-electron chi connectivity index (χ1n) is 8.13. The lowest BCUT2D eigenvalue weighted by Gasteiger charge is -2.34. The number of carbonyl (C=O) groups is 2. The Morgan fingerprint density at radius 3 is 2.50 bits per heavy atom. The third kappa shape index (κ3) is 2.60. The van der Waals surface area contributed by atoms with Crippen LogP contribution in [0.15, 0.2) is 18.2 Å². The standard InChI is InChI=1S/C17H18Cl2FNO5/c1-2-11(7-3-4-9(18)10(19)5-7)26-12-6-8-13(16(8,20)14(22)23)17(12,21)15(24)25/h3-5,8,11-13H,2,6,21H2,1H3,(H,22,23)(H,24,25)/t8-,11+,12-,13+,16-,17+/m1/s1. The number of ether oxygens (including phenoxy) is 1. The lowest BCUT2D eigenvalue weighted by molar-refractivity contribution is -0.158. The van der Waals surface area contributed by atoms with E-state index in [1.165, 1.54) is 0 Å². The molecule has 0 aliphatic heterocycles. The van der Waals surface area contributed by atoms with Gasteiger partial charge in [0.05, 0.1) is 22.3 Å². The van der Waals surface area contributed by atoms with Crippen LogP contribution in [-0.4, -0.2) is 39.5 Å². The highest BCUT2D eigenvalue weighted by Crippen LogP contribution is 2.67. The monoisotopic (exact) mass is 405 g/mol. The number of carboxylic acid groups (broad SMARTS) is 2. The van der Waals surface area contributed by atoms with Crippen LogP contribution in [0.1, 0.15) is 31.4 Å². The molecule has 142 valence electrons. The number of alkyl halides is 1. The van der Waals surface area contributed by atoms with Crippen molar-refractivity contribution >= 4 is 35.1 Å². The molecule has 0 spiro atoms. The molecule has 0 aromatic heterocycles. The van der Waals surface area contributed by atoms with Gasteiger partial charge >= 0.3 is 11.9 Å². The van der Waals surface area contributed by atoms with Gasteiger partial charge in [0.1, 0.15) is 5.54 Å². The highest BCUT2D eigenvalue weighted by atomic mass is 35.5. The first-order chi connectivity index (χ1) is 12.1. The number of carboxylic acids is 2. The highest BCUT2D eigenvalue weighted by molar-refractivity contribution is 6.42. The van der Waals surface area contributed by atoms with Gasteiger partial charge in [-0.25, -0.2) is 9.18 Å².